The molecule has 6 rings (SSSR count). The maximum atomic E-state index is 11.3. The van der Waals surface area contributed by atoms with Crippen molar-refractivity contribution in [2.45, 2.75) is 26.7 Å². The second kappa shape index (κ2) is 7.78. The number of phenolic OH excluding ortho intramolecular Hbond substituents is 2. The van der Waals surface area contributed by atoms with Gasteiger partial charge in [0.25, 0.3) is 0 Å². The van der Waals surface area contributed by atoms with Crippen molar-refractivity contribution in [3.8, 4) is 22.6 Å². The van der Waals surface area contributed by atoms with Crippen LogP contribution in [-0.2, 0) is 12.8 Å². The van der Waals surface area contributed by atoms with E-state index in [4.69, 9.17) is 0 Å². The predicted octanol–water partition coefficient (Wildman–Crippen LogP) is 8.50. The van der Waals surface area contributed by atoms with Gasteiger partial charge in [0.15, 0.2) is 0 Å². The summed E-state index contributed by atoms with van der Waals surface area (Å²) < 4.78 is 0. The summed E-state index contributed by atoms with van der Waals surface area (Å²) in [6.45, 7) is 4.31. The quantitative estimate of drug-likeness (QED) is 0.270. The largest absolute Gasteiger partial charge is 0.507 e. The van der Waals surface area contributed by atoms with Gasteiger partial charge < -0.3 is 10.2 Å². The third kappa shape index (κ3) is 2.88. The van der Waals surface area contributed by atoms with Crippen LogP contribution in [0.15, 0.2) is 84.9 Å². The third-order valence-electron chi connectivity index (χ3n) is 7.19. The summed E-state index contributed by atoms with van der Waals surface area (Å²) in [6.07, 6.45) is 1.83. The molecule has 2 N–H and O–H groups in total. The number of benzene rings is 6. The first kappa shape index (κ1) is 20.6. The number of aromatic hydroxyl groups is 2. The highest BCUT2D eigenvalue weighted by Crippen LogP contribution is 2.49. The Labute approximate surface area is 198 Å². The van der Waals surface area contributed by atoms with E-state index in [2.05, 4.69) is 50.2 Å². The maximum absolute atomic E-state index is 11.3. The summed E-state index contributed by atoms with van der Waals surface area (Å²) in [6, 6.07) is 28.9. The molecular formula is C32H26O2. The Bertz CT molecular complexity index is 1610. The molecular weight excluding hydrogens is 416 g/mol. The second-order valence-electron chi connectivity index (χ2n) is 9.01. The maximum Gasteiger partial charge on any atom is 0.131 e. The summed E-state index contributed by atoms with van der Waals surface area (Å²) in [4.78, 5) is 0. The fourth-order valence-corrected chi connectivity index (χ4v) is 5.38. The van der Waals surface area contributed by atoms with E-state index < -0.39 is 0 Å². The minimum atomic E-state index is 0.318. The van der Waals surface area contributed by atoms with Gasteiger partial charge in [-0.1, -0.05) is 98.8 Å². The van der Waals surface area contributed by atoms with Crippen LogP contribution in [0, 0.1) is 0 Å². The summed E-state index contributed by atoms with van der Waals surface area (Å²) >= 11 is 0. The Kier molecular flexibility index (Phi) is 4.70. The lowest BCUT2D eigenvalue weighted by molar-refractivity contribution is 0.487. The molecule has 166 valence electrons. The molecule has 34 heavy (non-hydrogen) atoms. The molecule has 0 saturated heterocycles. The molecule has 0 aliphatic rings. The van der Waals surface area contributed by atoms with Gasteiger partial charge in [-0.3, -0.25) is 0 Å². The monoisotopic (exact) mass is 442 g/mol. The Morgan fingerprint density at radius 3 is 1.18 bits per heavy atom. The SMILES string of the molecule is CCc1ccc2c(O)c3ccccc3c(-c3c4ccccc4c(O)c4ccc(CC)cc34)c2c1. The van der Waals surface area contributed by atoms with Crippen molar-refractivity contribution >= 4 is 43.1 Å². The van der Waals surface area contributed by atoms with E-state index in [9.17, 15) is 10.2 Å². The van der Waals surface area contributed by atoms with Crippen LogP contribution < -0.4 is 0 Å². The predicted molar refractivity (Wildman–Crippen MR) is 144 cm³/mol. The van der Waals surface area contributed by atoms with Crippen LogP contribution in [0.25, 0.3) is 54.2 Å². The first-order valence-electron chi connectivity index (χ1n) is 11.9. The number of hydrogen-bond donors (Lipinski definition) is 2. The van der Waals surface area contributed by atoms with Gasteiger partial charge in [-0.15, -0.1) is 0 Å². The topological polar surface area (TPSA) is 40.5 Å². The molecule has 0 amide bonds. The first-order valence-corrected chi connectivity index (χ1v) is 11.9. The average Bonchev–Trinajstić information content (AvgIpc) is 2.89. The zero-order valence-corrected chi connectivity index (χ0v) is 19.4. The van der Waals surface area contributed by atoms with Gasteiger partial charge in [0.1, 0.15) is 11.5 Å². The van der Waals surface area contributed by atoms with Crippen molar-refractivity contribution in [1.82, 2.24) is 0 Å². The molecule has 0 radical (unpaired) electrons. The van der Waals surface area contributed by atoms with E-state index >= 15 is 0 Å². The molecule has 0 spiro atoms. The van der Waals surface area contributed by atoms with E-state index in [1.807, 2.05) is 48.5 Å². The van der Waals surface area contributed by atoms with Crippen LogP contribution in [0.4, 0.5) is 0 Å². The molecule has 0 atom stereocenters. The molecule has 0 aliphatic heterocycles. The molecule has 0 fully saturated rings. The van der Waals surface area contributed by atoms with Crippen molar-refractivity contribution in [3.63, 3.8) is 0 Å². The number of rotatable bonds is 3. The summed E-state index contributed by atoms with van der Waals surface area (Å²) in [5.41, 5.74) is 4.66. The molecule has 0 heterocycles. The van der Waals surface area contributed by atoms with Crippen LogP contribution in [0.5, 0.6) is 11.5 Å². The van der Waals surface area contributed by atoms with Crippen molar-refractivity contribution in [2.24, 2.45) is 0 Å². The van der Waals surface area contributed by atoms with Crippen molar-refractivity contribution < 1.29 is 10.2 Å². The molecule has 0 bridgehead atoms. The van der Waals surface area contributed by atoms with Crippen LogP contribution in [0.3, 0.4) is 0 Å². The van der Waals surface area contributed by atoms with Gasteiger partial charge in [0, 0.05) is 21.5 Å². The first-order chi connectivity index (χ1) is 16.6. The average molecular weight is 443 g/mol. The van der Waals surface area contributed by atoms with Crippen molar-refractivity contribution in [2.75, 3.05) is 0 Å². The third-order valence-corrected chi connectivity index (χ3v) is 7.19. The highest BCUT2D eigenvalue weighted by atomic mass is 16.3. The van der Waals surface area contributed by atoms with E-state index in [0.717, 1.165) is 67.1 Å². The van der Waals surface area contributed by atoms with E-state index in [1.54, 1.807) is 0 Å². The van der Waals surface area contributed by atoms with Gasteiger partial charge in [-0.05, 0) is 56.6 Å². The molecule has 6 aromatic carbocycles. The molecule has 6 aromatic rings. The fourth-order valence-electron chi connectivity index (χ4n) is 5.38. The van der Waals surface area contributed by atoms with E-state index in [1.165, 1.54) is 11.1 Å². The lowest BCUT2D eigenvalue weighted by Crippen LogP contribution is -1.93. The molecule has 0 aromatic heterocycles. The Morgan fingerprint density at radius 2 is 0.794 bits per heavy atom. The molecule has 2 heteroatoms. The van der Waals surface area contributed by atoms with Gasteiger partial charge in [-0.25, -0.2) is 0 Å². The van der Waals surface area contributed by atoms with Gasteiger partial charge >= 0.3 is 0 Å². The van der Waals surface area contributed by atoms with Crippen LogP contribution >= 0.6 is 0 Å². The molecule has 0 aliphatic carbocycles. The normalized spacial score (nSPS) is 11.7. The van der Waals surface area contributed by atoms with Crippen LogP contribution in [0.1, 0.15) is 25.0 Å². The van der Waals surface area contributed by atoms with Crippen molar-refractivity contribution in [3.05, 3.63) is 96.1 Å². The smallest absolute Gasteiger partial charge is 0.131 e. The summed E-state index contributed by atoms with van der Waals surface area (Å²) in [5.74, 6) is 0.636. The number of phenols is 2. The number of hydrogen-bond acceptors (Lipinski definition) is 2. The summed E-state index contributed by atoms with van der Waals surface area (Å²) in [5, 5.41) is 30.0. The minimum Gasteiger partial charge on any atom is -0.507 e. The molecule has 2 nitrogen and oxygen atoms in total. The van der Waals surface area contributed by atoms with E-state index in [0.29, 0.717) is 11.5 Å². The highest BCUT2D eigenvalue weighted by molar-refractivity contribution is 6.26. The lowest BCUT2D eigenvalue weighted by atomic mass is 9.84. The number of fused-ring (bicyclic) bond motifs is 4. The minimum absolute atomic E-state index is 0.318. The fraction of sp³-hybridized carbons (Fsp3) is 0.125. The van der Waals surface area contributed by atoms with Crippen LogP contribution in [0.2, 0.25) is 0 Å². The Hall–Kier alpha value is -4.04. The van der Waals surface area contributed by atoms with Crippen molar-refractivity contribution in [1.29, 1.82) is 0 Å². The van der Waals surface area contributed by atoms with E-state index in [-0.39, 0.29) is 0 Å². The Morgan fingerprint density at radius 1 is 0.441 bits per heavy atom. The molecule has 0 unspecified atom stereocenters. The Balaban J connectivity index is 1.95. The second-order valence-corrected chi connectivity index (χ2v) is 9.01. The number of aryl methyl sites for hydroxylation is 2. The van der Waals surface area contributed by atoms with Gasteiger partial charge in [0.05, 0.1) is 0 Å². The standard InChI is InChI=1S/C32H26O2/c1-3-19-13-15-25-27(17-19)29(21-9-5-7-11-23(21)31(25)33)30-22-10-6-8-12-24(22)32(34)26-16-14-20(4-2)18-28(26)30/h5-18,33-34H,3-4H2,1-2H3. The van der Waals surface area contributed by atoms with Gasteiger partial charge in [0.2, 0.25) is 0 Å². The zero-order valence-electron chi connectivity index (χ0n) is 19.4. The molecule has 0 saturated carbocycles. The van der Waals surface area contributed by atoms with Crippen LogP contribution in [-0.4, -0.2) is 10.2 Å². The van der Waals surface area contributed by atoms with Gasteiger partial charge in [-0.2, -0.15) is 0 Å². The highest BCUT2D eigenvalue weighted by Gasteiger charge is 2.21. The summed E-state index contributed by atoms with van der Waals surface area (Å²) in [7, 11) is 0. The lowest BCUT2D eigenvalue weighted by Gasteiger charge is -2.20. The zero-order chi connectivity index (χ0) is 23.4.